The van der Waals surface area contributed by atoms with Crippen molar-refractivity contribution in [2.24, 2.45) is 0 Å². The van der Waals surface area contributed by atoms with Gasteiger partial charge in [0.15, 0.2) is 10.6 Å². The van der Waals surface area contributed by atoms with Gasteiger partial charge in [-0.2, -0.15) is 0 Å². The number of pyridine rings is 1. The Hall–Kier alpha value is -3.11. The Kier molecular flexibility index (Phi) is 5.12. The molecule has 1 atom stereocenters. The maximum atomic E-state index is 13.2. The van der Waals surface area contributed by atoms with Gasteiger partial charge in [0.1, 0.15) is 11.3 Å². The average Bonchev–Trinajstić information content (AvgIpc) is 2.72. The van der Waals surface area contributed by atoms with Gasteiger partial charge >= 0.3 is 0 Å². The number of benzene rings is 2. The van der Waals surface area contributed by atoms with Crippen molar-refractivity contribution >= 4 is 28.3 Å². The highest BCUT2D eigenvalue weighted by molar-refractivity contribution is 6.31. The van der Waals surface area contributed by atoms with Crippen LogP contribution in [0.3, 0.4) is 0 Å². The Balaban J connectivity index is 1.91. The maximum Gasteiger partial charge on any atom is 0.196 e. The predicted molar refractivity (Wildman–Crippen MR) is 119 cm³/mol. The van der Waals surface area contributed by atoms with Crippen LogP contribution in [0.2, 0.25) is 5.15 Å². The summed E-state index contributed by atoms with van der Waals surface area (Å²) in [4.78, 5) is 17.3. The van der Waals surface area contributed by atoms with Crippen molar-refractivity contribution in [3.8, 4) is 11.3 Å². The Morgan fingerprint density at radius 1 is 1.07 bits per heavy atom. The molecule has 4 rings (SSSR count). The van der Waals surface area contributed by atoms with Crippen LogP contribution in [-0.4, -0.2) is 4.98 Å². The van der Waals surface area contributed by atoms with Gasteiger partial charge in [0.05, 0.1) is 17.1 Å². The SMILES string of the molecule is Cc1cc([C@@H](C)Nc2cccnc2Cl)c2oc(-c3ccccc3)c(C)c(=O)c2c1. The molecule has 2 aromatic heterocycles. The molecule has 0 radical (unpaired) electrons. The van der Waals surface area contributed by atoms with Gasteiger partial charge in [-0.1, -0.05) is 48.0 Å². The van der Waals surface area contributed by atoms with E-state index in [1.165, 1.54) is 0 Å². The Labute approximate surface area is 174 Å². The van der Waals surface area contributed by atoms with Crippen molar-refractivity contribution in [1.82, 2.24) is 4.98 Å². The standard InChI is InChI=1S/C24H21ClN2O2/c1-14-12-18(16(3)27-20-10-7-11-26-24(20)25)23-19(13-14)21(28)15(2)22(29-23)17-8-5-4-6-9-17/h4-13,16,27H,1-3H3/t16-/m1/s1. The monoisotopic (exact) mass is 404 g/mol. The van der Waals surface area contributed by atoms with Gasteiger partial charge in [0, 0.05) is 22.9 Å². The molecule has 29 heavy (non-hydrogen) atoms. The third-order valence-corrected chi connectivity index (χ3v) is 5.33. The van der Waals surface area contributed by atoms with Crippen molar-refractivity contribution in [2.45, 2.75) is 26.8 Å². The molecule has 0 aliphatic heterocycles. The summed E-state index contributed by atoms with van der Waals surface area (Å²) in [5.41, 5.74) is 4.69. The van der Waals surface area contributed by atoms with E-state index in [-0.39, 0.29) is 11.5 Å². The molecule has 0 saturated heterocycles. The van der Waals surface area contributed by atoms with E-state index < -0.39 is 0 Å². The fraction of sp³-hybridized carbons (Fsp3) is 0.167. The largest absolute Gasteiger partial charge is 0.455 e. The topological polar surface area (TPSA) is 55.1 Å². The van der Waals surface area contributed by atoms with Crippen LogP contribution in [0.25, 0.3) is 22.3 Å². The van der Waals surface area contributed by atoms with Crippen LogP contribution in [-0.2, 0) is 0 Å². The minimum Gasteiger partial charge on any atom is -0.455 e. The number of aromatic nitrogens is 1. The smallest absolute Gasteiger partial charge is 0.196 e. The van der Waals surface area contributed by atoms with Crippen LogP contribution < -0.4 is 10.7 Å². The highest BCUT2D eigenvalue weighted by atomic mass is 35.5. The number of rotatable bonds is 4. The van der Waals surface area contributed by atoms with Crippen LogP contribution in [0.4, 0.5) is 5.69 Å². The molecule has 146 valence electrons. The van der Waals surface area contributed by atoms with Crippen LogP contribution in [0.5, 0.6) is 0 Å². The van der Waals surface area contributed by atoms with Gasteiger partial charge in [0.25, 0.3) is 0 Å². The normalized spacial score (nSPS) is 12.1. The number of nitrogens with zero attached hydrogens (tertiary/aromatic N) is 1. The first-order valence-corrected chi connectivity index (χ1v) is 9.84. The van der Waals surface area contributed by atoms with E-state index in [0.29, 0.717) is 27.4 Å². The summed E-state index contributed by atoms with van der Waals surface area (Å²) in [5, 5.41) is 4.37. The maximum absolute atomic E-state index is 13.2. The number of aryl methyl sites for hydroxylation is 1. The van der Waals surface area contributed by atoms with Crippen LogP contribution in [0.15, 0.2) is 70.0 Å². The second kappa shape index (κ2) is 7.72. The average molecular weight is 405 g/mol. The van der Waals surface area contributed by atoms with E-state index in [2.05, 4.69) is 10.3 Å². The quantitative estimate of drug-likeness (QED) is 0.405. The van der Waals surface area contributed by atoms with Gasteiger partial charge in [-0.05, 0) is 44.5 Å². The lowest BCUT2D eigenvalue weighted by Crippen LogP contribution is -2.12. The highest BCUT2D eigenvalue weighted by Gasteiger charge is 2.19. The summed E-state index contributed by atoms with van der Waals surface area (Å²) in [6.45, 7) is 5.80. The lowest BCUT2D eigenvalue weighted by atomic mass is 9.99. The lowest BCUT2D eigenvalue weighted by molar-refractivity contribution is 0.605. The Morgan fingerprint density at radius 2 is 1.83 bits per heavy atom. The molecule has 0 unspecified atom stereocenters. The van der Waals surface area contributed by atoms with Gasteiger partial charge in [0.2, 0.25) is 0 Å². The number of nitrogens with one attached hydrogen (secondary N) is 1. The van der Waals surface area contributed by atoms with Crippen molar-refractivity contribution in [1.29, 1.82) is 0 Å². The molecule has 5 heteroatoms. The first kappa shape index (κ1) is 19.2. The zero-order chi connectivity index (χ0) is 20.5. The summed E-state index contributed by atoms with van der Waals surface area (Å²) in [5.74, 6) is 0.597. The molecule has 0 spiro atoms. The third kappa shape index (κ3) is 3.64. The summed E-state index contributed by atoms with van der Waals surface area (Å²) >= 11 is 6.21. The number of hydrogen-bond donors (Lipinski definition) is 1. The summed E-state index contributed by atoms with van der Waals surface area (Å²) in [6.07, 6.45) is 1.65. The van der Waals surface area contributed by atoms with Crippen LogP contribution in [0.1, 0.15) is 29.7 Å². The molecule has 2 heterocycles. The first-order chi connectivity index (χ1) is 14.0. The molecular formula is C24H21ClN2O2. The van der Waals surface area contributed by atoms with E-state index >= 15 is 0 Å². The van der Waals surface area contributed by atoms with E-state index in [0.717, 1.165) is 22.4 Å². The second-order valence-electron chi connectivity index (χ2n) is 7.19. The van der Waals surface area contributed by atoms with Gasteiger partial charge in [-0.3, -0.25) is 4.79 Å². The minimum atomic E-state index is -0.145. The van der Waals surface area contributed by atoms with Crippen LogP contribution >= 0.6 is 11.6 Å². The Bertz CT molecular complexity index is 1250. The fourth-order valence-electron chi connectivity index (χ4n) is 3.56. The van der Waals surface area contributed by atoms with E-state index in [1.807, 2.05) is 75.4 Å². The van der Waals surface area contributed by atoms with Gasteiger partial charge in [-0.25, -0.2) is 4.98 Å². The molecular weight excluding hydrogens is 384 g/mol. The zero-order valence-corrected chi connectivity index (χ0v) is 17.2. The molecule has 0 saturated carbocycles. The molecule has 2 aromatic carbocycles. The highest BCUT2D eigenvalue weighted by Crippen LogP contribution is 2.32. The molecule has 4 aromatic rings. The summed E-state index contributed by atoms with van der Waals surface area (Å²) < 4.78 is 6.35. The van der Waals surface area contributed by atoms with Crippen molar-refractivity contribution in [3.05, 3.63) is 92.9 Å². The molecule has 0 fully saturated rings. The van der Waals surface area contributed by atoms with Gasteiger partial charge in [-0.15, -0.1) is 0 Å². The van der Waals surface area contributed by atoms with E-state index in [4.69, 9.17) is 16.0 Å². The van der Waals surface area contributed by atoms with E-state index in [9.17, 15) is 4.79 Å². The number of anilines is 1. The van der Waals surface area contributed by atoms with E-state index in [1.54, 1.807) is 6.20 Å². The van der Waals surface area contributed by atoms with Crippen molar-refractivity contribution < 1.29 is 4.42 Å². The molecule has 0 amide bonds. The molecule has 1 N–H and O–H groups in total. The molecule has 0 aliphatic rings. The summed E-state index contributed by atoms with van der Waals surface area (Å²) in [7, 11) is 0. The third-order valence-electron chi connectivity index (χ3n) is 5.03. The first-order valence-electron chi connectivity index (χ1n) is 9.46. The number of hydrogen-bond acceptors (Lipinski definition) is 4. The fourth-order valence-corrected chi connectivity index (χ4v) is 3.73. The molecule has 0 aliphatic carbocycles. The lowest BCUT2D eigenvalue weighted by Gasteiger charge is -2.19. The second-order valence-corrected chi connectivity index (χ2v) is 7.55. The van der Waals surface area contributed by atoms with Crippen molar-refractivity contribution in [3.63, 3.8) is 0 Å². The predicted octanol–water partition coefficient (Wildman–Crippen LogP) is 6.30. The molecule has 4 nitrogen and oxygen atoms in total. The number of halogens is 1. The summed E-state index contributed by atoms with van der Waals surface area (Å²) in [6, 6.07) is 17.2. The minimum absolute atomic E-state index is 0.0123. The zero-order valence-electron chi connectivity index (χ0n) is 16.5. The Morgan fingerprint density at radius 3 is 2.55 bits per heavy atom. The van der Waals surface area contributed by atoms with Crippen molar-refractivity contribution in [2.75, 3.05) is 5.32 Å². The molecule has 0 bridgehead atoms. The number of fused-ring (bicyclic) bond motifs is 1. The van der Waals surface area contributed by atoms with Crippen LogP contribution in [0, 0.1) is 13.8 Å². The van der Waals surface area contributed by atoms with Gasteiger partial charge < -0.3 is 9.73 Å².